The van der Waals surface area contributed by atoms with E-state index >= 15 is 0 Å². The van der Waals surface area contributed by atoms with Gasteiger partial charge in [0.2, 0.25) is 5.91 Å². The second kappa shape index (κ2) is 6.66. The SMILES string of the molecule is CC(CNC1CCCCNC1=O)c1ccc(F)cc1. The monoisotopic (exact) mass is 264 g/mol. The van der Waals surface area contributed by atoms with Gasteiger partial charge in [-0.3, -0.25) is 4.79 Å². The molecule has 2 atom stereocenters. The van der Waals surface area contributed by atoms with E-state index in [-0.39, 0.29) is 23.7 Å². The molecule has 0 aliphatic carbocycles. The lowest BCUT2D eigenvalue weighted by atomic mass is 10.0. The number of carbonyl (C=O) groups is 1. The Labute approximate surface area is 113 Å². The molecule has 0 bridgehead atoms. The van der Waals surface area contributed by atoms with Crippen LogP contribution < -0.4 is 10.6 Å². The first-order valence-electron chi connectivity index (χ1n) is 6.93. The van der Waals surface area contributed by atoms with Gasteiger partial charge in [0.25, 0.3) is 0 Å². The summed E-state index contributed by atoms with van der Waals surface area (Å²) in [7, 11) is 0. The van der Waals surface area contributed by atoms with Crippen LogP contribution in [-0.2, 0) is 4.79 Å². The van der Waals surface area contributed by atoms with Crippen LogP contribution in [0.1, 0.15) is 37.7 Å². The van der Waals surface area contributed by atoms with E-state index in [9.17, 15) is 9.18 Å². The molecule has 3 nitrogen and oxygen atoms in total. The molecular weight excluding hydrogens is 243 g/mol. The van der Waals surface area contributed by atoms with E-state index in [1.807, 2.05) is 0 Å². The van der Waals surface area contributed by atoms with Crippen molar-refractivity contribution in [3.63, 3.8) is 0 Å². The summed E-state index contributed by atoms with van der Waals surface area (Å²) in [5.74, 6) is 0.146. The summed E-state index contributed by atoms with van der Waals surface area (Å²) < 4.78 is 12.9. The number of benzene rings is 1. The summed E-state index contributed by atoms with van der Waals surface area (Å²) in [6.07, 6.45) is 3.01. The Morgan fingerprint density at radius 3 is 2.84 bits per heavy atom. The van der Waals surface area contributed by atoms with Crippen LogP contribution >= 0.6 is 0 Å². The number of amides is 1. The third kappa shape index (κ3) is 4.03. The number of hydrogen-bond acceptors (Lipinski definition) is 2. The zero-order valence-electron chi connectivity index (χ0n) is 11.3. The fourth-order valence-corrected chi connectivity index (χ4v) is 2.36. The van der Waals surface area contributed by atoms with Crippen molar-refractivity contribution in [2.45, 2.75) is 38.1 Å². The second-order valence-corrected chi connectivity index (χ2v) is 5.20. The molecule has 1 heterocycles. The van der Waals surface area contributed by atoms with Crippen molar-refractivity contribution in [2.24, 2.45) is 0 Å². The van der Waals surface area contributed by atoms with Crippen LogP contribution in [0.2, 0.25) is 0 Å². The van der Waals surface area contributed by atoms with Gasteiger partial charge in [0.1, 0.15) is 5.82 Å². The molecule has 1 saturated heterocycles. The minimum Gasteiger partial charge on any atom is -0.355 e. The zero-order valence-corrected chi connectivity index (χ0v) is 11.3. The number of hydrogen-bond donors (Lipinski definition) is 2. The van der Waals surface area contributed by atoms with Crippen LogP contribution in [-0.4, -0.2) is 25.0 Å². The average Bonchev–Trinajstić information content (AvgIpc) is 2.61. The zero-order chi connectivity index (χ0) is 13.7. The normalized spacial score (nSPS) is 21.6. The van der Waals surface area contributed by atoms with Gasteiger partial charge in [-0.05, 0) is 42.9 Å². The van der Waals surface area contributed by atoms with Crippen molar-refractivity contribution in [1.29, 1.82) is 0 Å². The molecule has 2 N–H and O–H groups in total. The average molecular weight is 264 g/mol. The molecule has 4 heteroatoms. The summed E-state index contributed by atoms with van der Waals surface area (Å²) in [6.45, 7) is 3.59. The Morgan fingerprint density at radius 2 is 2.11 bits per heavy atom. The van der Waals surface area contributed by atoms with Crippen molar-refractivity contribution in [2.75, 3.05) is 13.1 Å². The van der Waals surface area contributed by atoms with Crippen molar-refractivity contribution in [3.8, 4) is 0 Å². The van der Waals surface area contributed by atoms with Gasteiger partial charge in [0, 0.05) is 13.1 Å². The molecule has 2 rings (SSSR count). The lowest BCUT2D eigenvalue weighted by molar-refractivity contribution is -0.122. The van der Waals surface area contributed by atoms with Crippen LogP contribution in [0.3, 0.4) is 0 Å². The first-order chi connectivity index (χ1) is 9.16. The Hall–Kier alpha value is -1.42. The van der Waals surface area contributed by atoms with E-state index in [0.29, 0.717) is 0 Å². The van der Waals surface area contributed by atoms with E-state index in [1.54, 1.807) is 12.1 Å². The van der Waals surface area contributed by atoms with Crippen molar-refractivity contribution in [1.82, 2.24) is 10.6 Å². The highest BCUT2D eigenvalue weighted by Gasteiger charge is 2.20. The third-order valence-electron chi connectivity index (χ3n) is 3.64. The van der Waals surface area contributed by atoms with Crippen LogP contribution in [0, 0.1) is 5.82 Å². The minimum atomic E-state index is -0.216. The van der Waals surface area contributed by atoms with Gasteiger partial charge in [-0.1, -0.05) is 19.1 Å². The molecule has 1 amide bonds. The summed E-state index contributed by atoms with van der Waals surface area (Å²) in [5, 5.41) is 6.23. The van der Waals surface area contributed by atoms with Crippen molar-refractivity contribution in [3.05, 3.63) is 35.6 Å². The minimum absolute atomic E-state index is 0.0922. The Bertz CT molecular complexity index is 419. The van der Waals surface area contributed by atoms with Crippen LogP contribution in [0.25, 0.3) is 0 Å². The predicted molar refractivity (Wildman–Crippen MR) is 73.5 cm³/mol. The molecule has 1 aliphatic heterocycles. The lowest BCUT2D eigenvalue weighted by Gasteiger charge is -2.19. The quantitative estimate of drug-likeness (QED) is 0.875. The van der Waals surface area contributed by atoms with Crippen molar-refractivity contribution >= 4 is 5.91 Å². The fourth-order valence-electron chi connectivity index (χ4n) is 2.36. The van der Waals surface area contributed by atoms with Gasteiger partial charge < -0.3 is 10.6 Å². The highest BCUT2D eigenvalue weighted by molar-refractivity contribution is 5.81. The summed E-state index contributed by atoms with van der Waals surface area (Å²) >= 11 is 0. The van der Waals surface area contributed by atoms with Crippen LogP contribution in [0.5, 0.6) is 0 Å². The van der Waals surface area contributed by atoms with Gasteiger partial charge >= 0.3 is 0 Å². The lowest BCUT2D eigenvalue weighted by Crippen LogP contribution is -2.43. The molecule has 1 aromatic carbocycles. The highest BCUT2D eigenvalue weighted by Crippen LogP contribution is 2.15. The molecule has 1 aliphatic rings. The van der Waals surface area contributed by atoms with Crippen molar-refractivity contribution < 1.29 is 9.18 Å². The molecule has 1 aromatic rings. The van der Waals surface area contributed by atoms with Gasteiger partial charge in [-0.2, -0.15) is 0 Å². The Kier molecular flexibility index (Phi) is 4.91. The standard InChI is InChI=1S/C15H21FN2O/c1-11(12-5-7-13(16)8-6-12)10-18-14-4-2-3-9-17-15(14)19/h5-8,11,14,18H,2-4,9-10H2,1H3,(H,17,19). The largest absolute Gasteiger partial charge is 0.355 e. The third-order valence-corrected chi connectivity index (χ3v) is 3.64. The van der Waals surface area contributed by atoms with E-state index in [4.69, 9.17) is 0 Å². The molecule has 19 heavy (non-hydrogen) atoms. The van der Waals surface area contributed by atoms with E-state index < -0.39 is 0 Å². The molecule has 0 aromatic heterocycles. The fraction of sp³-hybridized carbons (Fsp3) is 0.533. The predicted octanol–water partition coefficient (Wildman–Crippen LogP) is 2.19. The van der Waals surface area contributed by atoms with E-state index in [2.05, 4.69) is 17.6 Å². The number of carbonyl (C=O) groups excluding carboxylic acids is 1. The van der Waals surface area contributed by atoms with Gasteiger partial charge in [-0.25, -0.2) is 4.39 Å². The molecule has 2 unspecified atom stereocenters. The van der Waals surface area contributed by atoms with E-state index in [0.717, 1.165) is 37.9 Å². The molecule has 0 radical (unpaired) electrons. The Morgan fingerprint density at radius 1 is 1.37 bits per heavy atom. The molecule has 0 spiro atoms. The first kappa shape index (κ1) is 14.0. The molecular formula is C15H21FN2O. The van der Waals surface area contributed by atoms with Crippen LogP contribution in [0.4, 0.5) is 4.39 Å². The highest BCUT2D eigenvalue weighted by atomic mass is 19.1. The summed E-state index contributed by atoms with van der Waals surface area (Å²) in [6, 6.07) is 6.46. The number of halogens is 1. The van der Waals surface area contributed by atoms with Gasteiger partial charge in [-0.15, -0.1) is 0 Å². The first-order valence-corrected chi connectivity index (χ1v) is 6.93. The second-order valence-electron chi connectivity index (χ2n) is 5.20. The smallest absolute Gasteiger partial charge is 0.237 e. The maximum atomic E-state index is 12.9. The van der Waals surface area contributed by atoms with Gasteiger partial charge in [0.05, 0.1) is 6.04 Å². The maximum absolute atomic E-state index is 12.9. The van der Waals surface area contributed by atoms with Gasteiger partial charge in [0.15, 0.2) is 0 Å². The summed E-state index contributed by atoms with van der Waals surface area (Å²) in [4.78, 5) is 11.8. The maximum Gasteiger partial charge on any atom is 0.237 e. The molecule has 104 valence electrons. The number of rotatable bonds is 4. The van der Waals surface area contributed by atoms with Crippen LogP contribution in [0.15, 0.2) is 24.3 Å². The van der Waals surface area contributed by atoms with E-state index in [1.165, 1.54) is 12.1 Å². The Balaban J connectivity index is 1.87. The molecule has 0 saturated carbocycles. The molecule has 1 fully saturated rings. The summed E-state index contributed by atoms with van der Waals surface area (Å²) in [5.41, 5.74) is 1.09. The topological polar surface area (TPSA) is 41.1 Å². The number of nitrogens with one attached hydrogen (secondary N) is 2.